The molecule has 0 unspecified atom stereocenters. The molecule has 0 spiro atoms. The monoisotopic (exact) mass is 318 g/mol. The third kappa shape index (κ3) is 3.63. The highest BCUT2D eigenvalue weighted by Gasteiger charge is 2.12. The maximum atomic E-state index is 12.1. The second-order valence-corrected chi connectivity index (χ2v) is 4.75. The highest BCUT2D eigenvalue weighted by Crippen LogP contribution is 2.20. The minimum atomic E-state index is -2.88. The first kappa shape index (κ1) is 15.0. The van der Waals surface area contributed by atoms with Gasteiger partial charge in [-0.2, -0.15) is 8.78 Å². The van der Waals surface area contributed by atoms with Gasteiger partial charge in [0.05, 0.1) is 6.42 Å². The van der Waals surface area contributed by atoms with Gasteiger partial charge in [0, 0.05) is 11.1 Å². The van der Waals surface area contributed by atoms with Crippen LogP contribution in [0.3, 0.4) is 0 Å². The Morgan fingerprint density at radius 2 is 1.91 bits per heavy atom. The van der Waals surface area contributed by atoms with E-state index in [-0.39, 0.29) is 18.1 Å². The molecule has 0 aliphatic rings. The summed E-state index contributed by atoms with van der Waals surface area (Å²) in [4.78, 5) is 12.0. The van der Waals surface area contributed by atoms with Crippen molar-refractivity contribution in [3.05, 3.63) is 54.2 Å². The van der Waals surface area contributed by atoms with Crippen LogP contribution in [0.15, 0.2) is 53.1 Å². The Hall–Kier alpha value is -2.96. The number of carbonyl (C=O) groups excluding carboxylic acids is 1. The van der Waals surface area contributed by atoms with Crippen molar-refractivity contribution in [3.63, 3.8) is 0 Å². The highest BCUT2D eigenvalue weighted by molar-refractivity contribution is 5.94. The molecule has 7 heteroatoms. The molecule has 1 N–H and O–H groups in total. The van der Waals surface area contributed by atoms with E-state index >= 15 is 0 Å². The van der Waals surface area contributed by atoms with Gasteiger partial charge in [-0.3, -0.25) is 4.79 Å². The van der Waals surface area contributed by atoms with Gasteiger partial charge < -0.3 is 14.6 Å². The normalized spacial score (nSPS) is 10.9. The first-order chi connectivity index (χ1) is 11.1. The number of fused-ring (bicyclic) bond motifs is 1. The summed E-state index contributed by atoms with van der Waals surface area (Å²) in [5.74, 6) is -0.257. The molecule has 23 heavy (non-hydrogen) atoms. The van der Waals surface area contributed by atoms with E-state index in [0.717, 1.165) is 5.39 Å². The van der Waals surface area contributed by atoms with E-state index in [2.05, 4.69) is 15.2 Å². The maximum absolute atomic E-state index is 12.1. The largest absolute Gasteiger partial charge is 0.435 e. The number of ether oxygens (including phenoxy) is 1. The maximum Gasteiger partial charge on any atom is 0.387 e. The third-order valence-corrected chi connectivity index (χ3v) is 3.14. The Bertz CT molecular complexity index is 816. The number of nitrogens with zero attached hydrogens (tertiary/aromatic N) is 1. The second-order valence-electron chi connectivity index (χ2n) is 4.75. The summed E-state index contributed by atoms with van der Waals surface area (Å²) < 4.78 is 33.5. The highest BCUT2D eigenvalue weighted by atomic mass is 19.3. The average Bonchev–Trinajstić information content (AvgIpc) is 2.92. The van der Waals surface area contributed by atoms with Crippen LogP contribution in [0.1, 0.15) is 5.69 Å². The molecule has 1 aromatic heterocycles. The topological polar surface area (TPSA) is 64.4 Å². The van der Waals surface area contributed by atoms with Gasteiger partial charge in [-0.25, -0.2) is 0 Å². The van der Waals surface area contributed by atoms with E-state index in [0.29, 0.717) is 17.0 Å². The predicted molar refractivity (Wildman–Crippen MR) is 79.4 cm³/mol. The van der Waals surface area contributed by atoms with Crippen molar-refractivity contribution in [1.29, 1.82) is 0 Å². The molecule has 3 rings (SSSR count). The van der Waals surface area contributed by atoms with Crippen LogP contribution in [0, 0.1) is 0 Å². The number of alkyl halides is 2. The zero-order valence-corrected chi connectivity index (χ0v) is 11.8. The lowest BCUT2D eigenvalue weighted by Crippen LogP contribution is -2.14. The fourth-order valence-electron chi connectivity index (χ4n) is 2.14. The molecular weight excluding hydrogens is 306 g/mol. The molecule has 3 aromatic rings. The summed E-state index contributed by atoms with van der Waals surface area (Å²) >= 11 is 0. The number of hydrogen-bond acceptors (Lipinski definition) is 4. The molecule has 0 saturated heterocycles. The first-order valence-corrected chi connectivity index (χ1v) is 6.80. The number of rotatable bonds is 5. The van der Waals surface area contributed by atoms with Crippen LogP contribution >= 0.6 is 0 Å². The van der Waals surface area contributed by atoms with Crippen molar-refractivity contribution < 1.29 is 22.8 Å². The smallest absolute Gasteiger partial charge is 0.387 e. The van der Waals surface area contributed by atoms with E-state index in [9.17, 15) is 13.6 Å². The number of halogens is 2. The van der Waals surface area contributed by atoms with Crippen LogP contribution in [0.25, 0.3) is 11.0 Å². The van der Waals surface area contributed by atoms with Crippen molar-refractivity contribution in [1.82, 2.24) is 5.16 Å². The SMILES string of the molecule is O=C(Cc1noc2ccccc12)Nc1ccc(OC(F)F)cc1. The number of carbonyl (C=O) groups is 1. The summed E-state index contributed by atoms with van der Waals surface area (Å²) in [7, 11) is 0. The Morgan fingerprint density at radius 3 is 2.65 bits per heavy atom. The number of nitrogens with one attached hydrogen (secondary N) is 1. The van der Waals surface area contributed by atoms with Crippen LogP contribution in [-0.4, -0.2) is 17.7 Å². The van der Waals surface area contributed by atoms with Crippen molar-refractivity contribution in [3.8, 4) is 5.75 Å². The number of amides is 1. The fourth-order valence-corrected chi connectivity index (χ4v) is 2.14. The molecule has 118 valence electrons. The van der Waals surface area contributed by atoms with Gasteiger partial charge in [0.25, 0.3) is 0 Å². The summed E-state index contributed by atoms with van der Waals surface area (Å²) in [5, 5.41) is 7.33. The molecule has 5 nitrogen and oxygen atoms in total. The summed E-state index contributed by atoms with van der Waals surface area (Å²) in [6, 6.07) is 12.9. The average molecular weight is 318 g/mol. The molecule has 1 amide bonds. The lowest BCUT2D eigenvalue weighted by atomic mass is 10.1. The zero-order chi connectivity index (χ0) is 16.2. The summed E-state index contributed by atoms with van der Waals surface area (Å²) in [5.41, 5.74) is 1.63. The quantitative estimate of drug-likeness (QED) is 0.780. The third-order valence-electron chi connectivity index (χ3n) is 3.14. The number of para-hydroxylation sites is 1. The van der Waals surface area contributed by atoms with Crippen molar-refractivity contribution >= 4 is 22.6 Å². The van der Waals surface area contributed by atoms with Gasteiger partial charge >= 0.3 is 6.61 Å². The van der Waals surface area contributed by atoms with Gasteiger partial charge in [-0.05, 0) is 36.4 Å². The molecule has 0 aliphatic heterocycles. The van der Waals surface area contributed by atoms with Crippen molar-refractivity contribution in [2.24, 2.45) is 0 Å². The molecule has 0 bridgehead atoms. The first-order valence-electron chi connectivity index (χ1n) is 6.80. The summed E-state index contributed by atoms with van der Waals surface area (Å²) in [6.45, 7) is -2.88. The number of anilines is 1. The Kier molecular flexibility index (Phi) is 4.18. The summed E-state index contributed by atoms with van der Waals surface area (Å²) in [6.07, 6.45) is 0.0479. The van der Waals surface area contributed by atoms with Gasteiger partial charge in [-0.15, -0.1) is 0 Å². The molecular formula is C16H12F2N2O3. The molecule has 0 atom stereocenters. The molecule has 1 heterocycles. The standard InChI is InChI=1S/C16H12F2N2O3/c17-16(18)22-11-7-5-10(6-8-11)19-15(21)9-13-12-3-1-2-4-14(12)23-20-13/h1-8,16H,9H2,(H,19,21). The minimum Gasteiger partial charge on any atom is -0.435 e. The lowest BCUT2D eigenvalue weighted by molar-refractivity contribution is -0.115. The molecule has 2 aromatic carbocycles. The van der Waals surface area contributed by atoms with Gasteiger partial charge in [0.15, 0.2) is 5.58 Å². The Morgan fingerprint density at radius 1 is 1.17 bits per heavy atom. The van der Waals surface area contributed by atoms with Gasteiger partial charge in [0.1, 0.15) is 11.4 Å². The van der Waals surface area contributed by atoms with Crippen molar-refractivity contribution in [2.45, 2.75) is 13.0 Å². The van der Waals surface area contributed by atoms with E-state index in [4.69, 9.17) is 4.52 Å². The second kappa shape index (κ2) is 6.43. The van der Waals surface area contributed by atoms with E-state index in [1.165, 1.54) is 24.3 Å². The van der Waals surface area contributed by atoms with Gasteiger partial charge in [0.2, 0.25) is 5.91 Å². The number of hydrogen-bond donors (Lipinski definition) is 1. The Balaban J connectivity index is 1.65. The Labute approximate surface area is 129 Å². The van der Waals surface area contributed by atoms with Crippen LogP contribution in [0.5, 0.6) is 5.75 Å². The van der Waals surface area contributed by atoms with E-state index in [1.807, 2.05) is 18.2 Å². The molecule has 0 radical (unpaired) electrons. The van der Waals surface area contributed by atoms with Gasteiger partial charge in [-0.1, -0.05) is 17.3 Å². The van der Waals surface area contributed by atoms with Crippen molar-refractivity contribution in [2.75, 3.05) is 5.32 Å². The van der Waals surface area contributed by atoms with E-state index in [1.54, 1.807) is 6.07 Å². The number of aromatic nitrogens is 1. The predicted octanol–water partition coefficient (Wildman–Crippen LogP) is 3.61. The lowest BCUT2D eigenvalue weighted by Gasteiger charge is -2.07. The minimum absolute atomic E-state index is 0.0282. The molecule has 0 saturated carbocycles. The van der Waals surface area contributed by atoms with Crippen LogP contribution < -0.4 is 10.1 Å². The van der Waals surface area contributed by atoms with E-state index < -0.39 is 6.61 Å². The number of benzene rings is 2. The molecule has 0 aliphatic carbocycles. The van der Waals surface area contributed by atoms with Crippen LogP contribution in [-0.2, 0) is 11.2 Å². The fraction of sp³-hybridized carbons (Fsp3) is 0.125. The zero-order valence-electron chi connectivity index (χ0n) is 11.8. The van der Waals surface area contributed by atoms with Crippen LogP contribution in [0.2, 0.25) is 0 Å². The van der Waals surface area contributed by atoms with Crippen LogP contribution in [0.4, 0.5) is 14.5 Å². The molecule has 0 fully saturated rings.